The van der Waals surface area contributed by atoms with Crippen LogP contribution < -0.4 is 0 Å². The molecule has 4 heteroatoms. The summed E-state index contributed by atoms with van der Waals surface area (Å²) in [5.41, 5.74) is 3.18. The van der Waals surface area contributed by atoms with Crippen LogP contribution in [0, 0.1) is 10.1 Å². The molecular weight excluding hydrogens is 302 g/mol. The Kier molecular flexibility index (Phi) is 4.44. The van der Waals surface area contributed by atoms with E-state index in [1.807, 2.05) is 18.2 Å². The Morgan fingerprint density at radius 2 is 1.42 bits per heavy atom. The van der Waals surface area contributed by atoms with Crippen LogP contribution >= 0.6 is 0 Å². The first-order chi connectivity index (χ1) is 10.9. The minimum absolute atomic E-state index is 0.0219. The number of hydrogen-bond acceptors (Lipinski definition) is 3. The zero-order valence-electron chi connectivity index (χ0n) is 15.2. The van der Waals surface area contributed by atoms with E-state index in [9.17, 15) is 15.2 Å². The van der Waals surface area contributed by atoms with Crippen LogP contribution in [0.2, 0.25) is 0 Å². The molecule has 0 amide bonds. The van der Waals surface area contributed by atoms with Gasteiger partial charge in [0, 0.05) is 17.7 Å². The monoisotopic (exact) mass is 327 g/mol. The van der Waals surface area contributed by atoms with Crippen LogP contribution in [0.15, 0.2) is 36.4 Å². The van der Waals surface area contributed by atoms with Gasteiger partial charge in [-0.05, 0) is 33.6 Å². The Hall–Kier alpha value is -2.36. The van der Waals surface area contributed by atoms with E-state index >= 15 is 0 Å². The summed E-state index contributed by atoms with van der Waals surface area (Å²) in [5, 5.41) is 21.6. The van der Waals surface area contributed by atoms with Crippen molar-refractivity contribution in [2.45, 2.75) is 52.4 Å². The number of non-ortho nitro benzene ring substituents is 1. The molecule has 0 atom stereocenters. The predicted molar refractivity (Wildman–Crippen MR) is 97.6 cm³/mol. The second kappa shape index (κ2) is 5.93. The van der Waals surface area contributed by atoms with Crippen molar-refractivity contribution in [1.29, 1.82) is 0 Å². The van der Waals surface area contributed by atoms with Crippen molar-refractivity contribution >= 4 is 5.69 Å². The second-order valence-corrected chi connectivity index (χ2v) is 8.19. The number of rotatable bonds is 2. The topological polar surface area (TPSA) is 63.4 Å². The molecule has 128 valence electrons. The molecule has 0 bridgehead atoms. The lowest BCUT2D eigenvalue weighted by Gasteiger charge is -2.30. The summed E-state index contributed by atoms with van der Waals surface area (Å²) in [5.74, 6) is 0.0581. The molecular formula is C20H25NO3. The minimum atomic E-state index is -0.431. The molecule has 0 unspecified atom stereocenters. The van der Waals surface area contributed by atoms with E-state index in [0.29, 0.717) is 5.56 Å². The maximum Gasteiger partial charge on any atom is 0.270 e. The maximum atomic E-state index is 11.2. The van der Waals surface area contributed by atoms with Gasteiger partial charge in [-0.15, -0.1) is 0 Å². The van der Waals surface area contributed by atoms with Crippen LogP contribution in [-0.4, -0.2) is 10.0 Å². The van der Waals surface area contributed by atoms with Gasteiger partial charge in [0.2, 0.25) is 0 Å². The first-order valence-electron chi connectivity index (χ1n) is 8.04. The lowest BCUT2D eigenvalue weighted by atomic mass is 9.74. The van der Waals surface area contributed by atoms with Gasteiger partial charge in [-0.25, -0.2) is 0 Å². The van der Waals surface area contributed by atoms with Crippen LogP contribution in [0.4, 0.5) is 5.69 Å². The maximum absolute atomic E-state index is 11.2. The molecule has 2 aromatic carbocycles. The number of nitrogens with zero attached hydrogens (tertiary/aromatic N) is 1. The summed E-state index contributed by atoms with van der Waals surface area (Å²) in [6.45, 7) is 12.6. The number of phenolic OH excluding ortho intramolecular Hbond substituents is 1. The summed E-state index contributed by atoms with van der Waals surface area (Å²) in [6, 6.07) is 10.3. The highest BCUT2D eigenvalue weighted by molar-refractivity contribution is 5.79. The van der Waals surface area contributed by atoms with Crippen molar-refractivity contribution in [3.63, 3.8) is 0 Å². The molecule has 0 aliphatic carbocycles. The van der Waals surface area contributed by atoms with Gasteiger partial charge in [-0.1, -0.05) is 59.7 Å². The Morgan fingerprint density at radius 1 is 0.917 bits per heavy atom. The third-order valence-corrected chi connectivity index (χ3v) is 4.14. The Labute approximate surface area is 143 Å². The number of aromatic hydroxyl groups is 1. The first kappa shape index (κ1) is 18.0. The first-order valence-corrected chi connectivity index (χ1v) is 8.04. The molecule has 0 heterocycles. The molecule has 4 nitrogen and oxygen atoms in total. The van der Waals surface area contributed by atoms with Crippen molar-refractivity contribution in [3.8, 4) is 16.9 Å². The van der Waals surface area contributed by atoms with Gasteiger partial charge in [0.05, 0.1) is 4.92 Å². The van der Waals surface area contributed by atoms with Gasteiger partial charge in [-0.3, -0.25) is 10.1 Å². The molecule has 0 aliphatic rings. The summed E-state index contributed by atoms with van der Waals surface area (Å²) in [4.78, 5) is 10.8. The minimum Gasteiger partial charge on any atom is -0.507 e. The van der Waals surface area contributed by atoms with Gasteiger partial charge in [0.15, 0.2) is 0 Å². The summed E-state index contributed by atoms with van der Waals surface area (Å²) in [6.07, 6.45) is 0. The zero-order chi connectivity index (χ0) is 18.3. The fourth-order valence-electron chi connectivity index (χ4n) is 2.93. The Balaban J connectivity index is 2.91. The largest absolute Gasteiger partial charge is 0.507 e. The van der Waals surface area contributed by atoms with Crippen molar-refractivity contribution < 1.29 is 10.0 Å². The van der Waals surface area contributed by atoms with Crippen molar-refractivity contribution in [1.82, 2.24) is 0 Å². The predicted octanol–water partition coefficient (Wildman–Crippen LogP) is 5.56. The van der Waals surface area contributed by atoms with E-state index in [2.05, 4.69) is 41.5 Å². The molecule has 0 radical (unpaired) electrons. The van der Waals surface area contributed by atoms with E-state index in [-0.39, 0.29) is 22.3 Å². The third-order valence-electron chi connectivity index (χ3n) is 4.14. The van der Waals surface area contributed by atoms with Crippen LogP contribution in [0.1, 0.15) is 52.7 Å². The van der Waals surface area contributed by atoms with Gasteiger partial charge in [-0.2, -0.15) is 0 Å². The number of hydrogen-bond donors (Lipinski definition) is 1. The van der Waals surface area contributed by atoms with E-state index in [4.69, 9.17) is 0 Å². The highest BCUT2D eigenvalue weighted by atomic mass is 16.6. The van der Waals surface area contributed by atoms with Crippen molar-refractivity contribution in [3.05, 3.63) is 57.6 Å². The van der Waals surface area contributed by atoms with Crippen molar-refractivity contribution in [2.24, 2.45) is 0 Å². The van der Waals surface area contributed by atoms with Crippen LogP contribution in [0.25, 0.3) is 11.1 Å². The Bertz CT molecular complexity index is 748. The molecule has 0 fully saturated rings. The van der Waals surface area contributed by atoms with Gasteiger partial charge in [0.25, 0.3) is 5.69 Å². The molecule has 2 rings (SSSR count). The van der Waals surface area contributed by atoms with E-state index in [1.54, 1.807) is 0 Å². The van der Waals surface area contributed by atoms with E-state index < -0.39 is 4.92 Å². The smallest absolute Gasteiger partial charge is 0.270 e. The van der Waals surface area contributed by atoms with Gasteiger partial charge < -0.3 is 5.11 Å². The quantitative estimate of drug-likeness (QED) is 0.580. The van der Waals surface area contributed by atoms with E-state index in [1.165, 1.54) is 18.2 Å². The third kappa shape index (κ3) is 3.42. The molecule has 24 heavy (non-hydrogen) atoms. The lowest BCUT2D eigenvalue weighted by molar-refractivity contribution is -0.384. The molecule has 0 spiro atoms. The van der Waals surface area contributed by atoms with Gasteiger partial charge in [0.1, 0.15) is 5.75 Å². The fourth-order valence-corrected chi connectivity index (χ4v) is 2.93. The summed E-state index contributed by atoms with van der Waals surface area (Å²) in [7, 11) is 0. The summed E-state index contributed by atoms with van der Waals surface area (Å²) >= 11 is 0. The average Bonchev–Trinajstić information content (AvgIpc) is 2.45. The second-order valence-electron chi connectivity index (χ2n) is 8.19. The number of nitro benzene ring substituents is 1. The van der Waals surface area contributed by atoms with Crippen LogP contribution in [-0.2, 0) is 10.8 Å². The molecule has 2 aromatic rings. The molecule has 1 N–H and O–H groups in total. The number of phenols is 1. The molecule has 0 saturated carbocycles. The molecule has 0 saturated heterocycles. The zero-order valence-corrected chi connectivity index (χ0v) is 15.2. The van der Waals surface area contributed by atoms with Gasteiger partial charge >= 0.3 is 0 Å². The highest BCUT2D eigenvalue weighted by Crippen LogP contribution is 2.44. The Morgan fingerprint density at radius 3 is 1.83 bits per heavy atom. The summed E-state index contributed by atoms with van der Waals surface area (Å²) < 4.78 is 0. The van der Waals surface area contributed by atoms with Crippen LogP contribution in [0.5, 0.6) is 5.75 Å². The molecule has 0 aliphatic heterocycles. The average molecular weight is 327 g/mol. The molecule has 0 aromatic heterocycles. The SMILES string of the molecule is CC(C)(C)c1cccc(C(C)(C)C)c1-c1cc([N+](=O)[O-])ccc1O. The van der Waals surface area contributed by atoms with Crippen LogP contribution in [0.3, 0.4) is 0 Å². The fraction of sp³-hybridized carbons (Fsp3) is 0.400. The van der Waals surface area contributed by atoms with E-state index in [0.717, 1.165) is 16.7 Å². The number of nitro groups is 1. The number of benzene rings is 2. The lowest BCUT2D eigenvalue weighted by Crippen LogP contribution is -2.19. The normalized spacial score (nSPS) is 12.2. The van der Waals surface area contributed by atoms with Crippen molar-refractivity contribution in [2.75, 3.05) is 0 Å². The highest BCUT2D eigenvalue weighted by Gasteiger charge is 2.28. The standard InChI is InChI=1S/C20H25NO3/c1-19(2,3)15-8-7-9-16(20(4,5)6)18(15)14-12-13(21(23)24)10-11-17(14)22/h7-12,22H,1-6H3.